The van der Waals surface area contributed by atoms with Gasteiger partial charge in [0.2, 0.25) is 11.5 Å². The van der Waals surface area contributed by atoms with Gasteiger partial charge in [-0.05, 0) is 62.8 Å². The normalized spacial score (nSPS) is 44.2. The molecule has 0 radical (unpaired) electrons. The second-order valence-electron chi connectivity index (χ2n) is 11.1. The number of fused-ring (bicyclic) bond motifs is 5. The lowest BCUT2D eigenvalue weighted by molar-refractivity contribution is -0.219. The van der Waals surface area contributed by atoms with Crippen molar-refractivity contribution in [3.8, 4) is 0 Å². The van der Waals surface area contributed by atoms with Crippen LogP contribution in [-0.2, 0) is 14.3 Å². The maximum absolute atomic E-state index is 17.3. The fourth-order valence-electron chi connectivity index (χ4n) is 8.09. The predicted molar refractivity (Wildman–Crippen MR) is 121 cm³/mol. The third-order valence-corrected chi connectivity index (χ3v) is 9.69. The molecule has 0 aliphatic heterocycles. The molecule has 5 rings (SSSR count). The number of aliphatic hydroxyl groups is 1. The highest BCUT2D eigenvalue weighted by Gasteiger charge is 2.77. The van der Waals surface area contributed by atoms with Gasteiger partial charge in [-0.2, -0.15) is 0 Å². The van der Waals surface area contributed by atoms with E-state index in [9.17, 15) is 23.9 Å². The molecule has 1 aromatic heterocycles. The van der Waals surface area contributed by atoms with Crippen LogP contribution in [0.15, 0.2) is 46.6 Å². The summed E-state index contributed by atoms with van der Waals surface area (Å²) in [5.74, 6) is -3.87. The number of Topliss-reactive ketones (excluding diaryl/α,β-unsaturated/α-hetero) is 1. The lowest BCUT2D eigenvalue weighted by Crippen LogP contribution is -2.70. The average molecular weight is 489 g/mol. The SMILES string of the molecule is CC1C[C@H]2[C@@H]3CCC4=CC(=O)C=C[C@]4(C)[C@@]3(F)C(O)C[C@]2(C)[C@@]1(OC(=O)c1ccco1)C(=O)CF. The summed E-state index contributed by atoms with van der Waals surface area (Å²) in [4.78, 5) is 38.2. The number of carbonyl (C=O) groups is 3. The first-order valence-electron chi connectivity index (χ1n) is 12.1. The van der Waals surface area contributed by atoms with Gasteiger partial charge in [0.15, 0.2) is 23.7 Å². The van der Waals surface area contributed by atoms with Crippen molar-refractivity contribution >= 4 is 17.5 Å². The van der Waals surface area contributed by atoms with Crippen molar-refractivity contribution in [1.82, 2.24) is 0 Å². The summed E-state index contributed by atoms with van der Waals surface area (Å²) in [5, 5.41) is 11.5. The average Bonchev–Trinajstić information content (AvgIpc) is 3.42. The smallest absolute Gasteiger partial charge is 0.375 e. The third-order valence-electron chi connectivity index (χ3n) is 9.69. The standard InChI is InChI=1S/C27H30F2O6/c1-15-11-19-18-7-6-16-12-17(30)8-9-24(16,2)26(18,29)21(31)13-25(19,3)27(15,22(32)14-28)35-23(33)20-5-4-10-34-20/h4-5,8-10,12,15,18-19,21,31H,6-7,11,13-14H2,1-3H3/t15?,18-,19-,21?,24-,25-,26-,27-/m0/s1. The van der Waals surface area contributed by atoms with Gasteiger partial charge in [-0.3, -0.25) is 9.59 Å². The van der Waals surface area contributed by atoms with Gasteiger partial charge < -0.3 is 14.3 Å². The molecule has 6 nitrogen and oxygen atoms in total. The molecule has 188 valence electrons. The molecule has 8 heteroatoms. The van der Waals surface area contributed by atoms with E-state index in [-0.39, 0.29) is 18.0 Å². The Morgan fingerprint density at radius 3 is 2.69 bits per heavy atom. The zero-order chi connectivity index (χ0) is 25.4. The van der Waals surface area contributed by atoms with E-state index in [1.54, 1.807) is 26.8 Å². The van der Waals surface area contributed by atoms with Crippen molar-refractivity contribution in [2.24, 2.45) is 28.6 Å². The van der Waals surface area contributed by atoms with Gasteiger partial charge in [-0.25, -0.2) is 13.6 Å². The van der Waals surface area contributed by atoms with Crippen LogP contribution in [-0.4, -0.2) is 46.7 Å². The monoisotopic (exact) mass is 488 g/mol. The molecule has 0 amide bonds. The first-order chi connectivity index (χ1) is 16.5. The van der Waals surface area contributed by atoms with E-state index in [1.807, 2.05) is 0 Å². The number of carbonyl (C=O) groups excluding carboxylic acids is 3. The highest BCUT2D eigenvalue weighted by Crippen LogP contribution is 2.71. The lowest BCUT2D eigenvalue weighted by atomic mass is 9.44. The van der Waals surface area contributed by atoms with E-state index in [0.29, 0.717) is 24.8 Å². The van der Waals surface area contributed by atoms with Gasteiger partial charge in [-0.1, -0.05) is 25.5 Å². The summed E-state index contributed by atoms with van der Waals surface area (Å²) >= 11 is 0. The molecule has 1 N–H and O–H groups in total. The number of hydrogen-bond donors (Lipinski definition) is 1. The molecule has 0 spiro atoms. The van der Waals surface area contributed by atoms with Crippen LogP contribution in [0.5, 0.6) is 0 Å². The van der Waals surface area contributed by atoms with Gasteiger partial charge in [0, 0.05) is 22.7 Å². The topological polar surface area (TPSA) is 93.8 Å². The van der Waals surface area contributed by atoms with Gasteiger partial charge in [-0.15, -0.1) is 0 Å². The van der Waals surface area contributed by atoms with Crippen LogP contribution in [0.3, 0.4) is 0 Å². The maximum atomic E-state index is 17.3. The van der Waals surface area contributed by atoms with Crippen LogP contribution in [0.2, 0.25) is 0 Å². The van der Waals surface area contributed by atoms with Gasteiger partial charge in [0.25, 0.3) is 0 Å². The fraction of sp³-hybridized carbons (Fsp3) is 0.593. The summed E-state index contributed by atoms with van der Waals surface area (Å²) in [6.45, 7) is 3.78. The molecule has 35 heavy (non-hydrogen) atoms. The van der Waals surface area contributed by atoms with E-state index in [1.165, 1.54) is 30.5 Å². The minimum absolute atomic E-state index is 0.122. The molecule has 8 atom stereocenters. The number of rotatable bonds is 4. The lowest BCUT2D eigenvalue weighted by Gasteiger charge is -2.62. The Balaban J connectivity index is 1.61. The van der Waals surface area contributed by atoms with E-state index >= 15 is 4.39 Å². The quantitative estimate of drug-likeness (QED) is 0.634. The zero-order valence-electron chi connectivity index (χ0n) is 20.1. The van der Waals surface area contributed by atoms with Crippen molar-refractivity contribution < 1.29 is 37.4 Å². The van der Waals surface area contributed by atoms with E-state index in [2.05, 4.69) is 0 Å². The molecular formula is C27H30F2O6. The largest absolute Gasteiger partial charge is 0.457 e. The van der Waals surface area contributed by atoms with Gasteiger partial charge >= 0.3 is 5.97 Å². The Hall–Kier alpha value is -2.61. The van der Waals surface area contributed by atoms with Crippen molar-refractivity contribution in [2.75, 3.05) is 6.67 Å². The third kappa shape index (κ3) is 2.86. The summed E-state index contributed by atoms with van der Waals surface area (Å²) in [6.07, 6.45) is 5.07. The van der Waals surface area contributed by atoms with Gasteiger partial charge in [0.1, 0.15) is 0 Å². The number of halogens is 2. The molecule has 3 saturated carbocycles. The molecule has 3 fully saturated rings. The van der Waals surface area contributed by atoms with Crippen molar-refractivity contribution in [1.29, 1.82) is 0 Å². The van der Waals surface area contributed by atoms with Crippen LogP contribution in [0.1, 0.15) is 57.0 Å². The summed E-state index contributed by atoms with van der Waals surface area (Å²) in [5.41, 5.74) is -5.73. The maximum Gasteiger partial charge on any atom is 0.375 e. The Labute approximate surface area is 202 Å². The highest BCUT2D eigenvalue weighted by atomic mass is 19.1. The van der Waals surface area contributed by atoms with Gasteiger partial charge in [0.05, 0.1) is 12.4 Å². The second kappa shape index (κ2) is 7.69. The molecular weight excluding hydrogens is 458 g/mol. The zero-order valence-corrected chi connectivity index (χ0v) is 20.1. The molecule has 0 aromatic carbocycles. The van der Waals surface area contributed by atoms with Crippen molar-refractivity contribution in [2.45, 2.75) is 63.8 Å². The first kappa shape index (κ1) is 24.1. The van der Waals surface area contributed by atoms with Crippen molar-refractivity contribution in [3.05, 3.63) is 48.0 Å². The molecule has 0 saturated heterocycles. The Morgan fingerprint density at radius 2 is 2.03 bits per heavy atom. The van der Waals surface area contributed by atoms with Crippen LogP contribution in [0, 0.1) is 28.6 Å². The summed E-state index contributed by atoms with van der Waals surface area (Å²) < 4.78 is 42.3. The molecule has 2 unspecified atom stereocenters. The number of ketones is 2. The highest BCUT2D eigenvalue weighted by molar-refractivity contribution is 6.01. The number of alkyl halides is 2. The number of allylic oxidation sites excluding steroid dienone is 4. The molecule has 0 bridgehead atoms. The van der Waals surface area contributed by atoms with E-state index in [4.69, 9.17) is 9.15 Å². The van der Waals surface area contributed by atoms with Crippen molar-refractivity contribution in [3.63, 3.8) is 0 Å². The fourth-order valence-corrected chi connectivity index (χ4v) is 8.09. The molecule has 1 heterocycles. The Bertz CT molecular complexity index is 1140. The van der Waals surface area contributed by atoms with Crippen LogP contribution < -0.4 is 0 Å². The van der Waals surface area contributed by atoms with Crippen LogP contribution in [0.25, 0.3) is 0 Å². The predicted octanol–water partition coefficient (Wildman–Crippen LogP) is 4.33. The number of esters is 1. The second-order valence-corrected chi connectivity index (χ2v) is 11.1. The first-order valence-corrected chi connectivity index (χ1v) is 12.1. The molecule has 1 aromatic rings. The number of aliphatic hydroxyl groups excluding tert-OH is 1. The molecule has 4 aliphatic rings. The minimum atomic E-state index is -2.10. The van der Waals surface area contributed by atoms with E-state index < -0.39 is 64.4 Å². The van der Waals surface area contributed by atoms with E-state index in [0.717, 1.165) is 0 Å². The molecule has 4 aliphatic carbocycles. The minimum Gasteiger partial charge on any atom is -0.457 e. The summed E-state index contributed by atoms with van der Waals surface area (Å²) in [6, 6.07) is 2.89. The number of furan rings is 1. The van der Waals surface area contributed by atoms with Crippen LogP contribution in [0.4, 0.5) is 8.78 Å². The van der Waals surface area contributed by atoms with Crippen LogP contribution >= 0.6 is 0 Å². The summed E-state index contributed by atoms with van der Waals surface area (Å²) in [7, 11) is 0. The Kier molecular flexibility index (Phi) is 5.30. The number of hydrogen-bond acceptors (Lipinski definition) is 6. The Morgan fingerprint density at radius 1 is 1.29 bits per heavy atom. The number of ether oxygens (including phenoxy) is 1.